The number of hydrogen-bond acceptors (Lipinski definition) is 5. The molecule has 35 heavy (non-hydrogen) atoms. The Bertz CT molecular complexity index is 1400. The highest BCUT2D eigenvalue weighted by molar-refractivity contribution is 7.12. The Kier molecular flexibility index (Phi) is 4.76. The van der Waals surface area contributed by atoms with Crippen molar-refractivity contribution in [1.29, 1.82) is 0 Å². The number of halogens is 3. The van der Waals surface area contributed by atoms with Gasteiger partial charge in [-0.05, 0) is 46.8 Å². The van der Waals surface area contributed by atoms with Gasteiger partial charge in [-0.25, -0.2) is 4.90 Å². The van der Waals surface area contributed by atoms with Crippen LogP contribution in [0.3, 0.4) is 0 Å². The largest absolute Gasteiger partial charge is 0.416 e. The Morgan fingerprint density at radius 1 is 0.914 bits per heavy atom. The lowest BCUT2D eigenvalue weighted by Crippen LogP contribution is -2.44. The van der Waals surface area contributed by atoms with E-state index < -0.39 is 47.5 Å². The number of anilines is 1. The second-order valence-electron chi connectivity index (χ2n) is 8.73. The molecular formula is C26H17F3N2O3S. The number of alkyl halides is 3. The lowest BCUT2D eigenvalue weighted by atomic mass is 9.84. The Hall–Kier alpha value is -3.72. The van der Waals surface area contributed by atoms with E-state index in [9.17, 15) is 27.6 Å². The average Bonchev–Trinajstić information content (AvgIpc) is 3.55. The fourth-order valence-electron chi connectivity index (χ4n) is 5.50. The lowest BCUT2D eigenvalue weighted by molar-refractivity contribution is -0.137. The molecule has 1 aromatic heterocycles. The summed E-state index contributed by atoms with van der Waals surface area (Å²) in [6.45, 7) is 0. The van der Waals surface area contributed by atoms with Crippen LogP contribution in [0.2, 0.25) is 0 Å². The van der Waals surface area contributed by atoms with Crippen molar-refractivity contribution in [3.05, 3.63) is 93.8 Å². The first-order chi connectivity index (χ1) is 16.8. The summed E-state index contributed by atoms with van der Waals surface area (Å²) in [5, 5.41) is 1.76. The van der Waals surface area contributed by atoms with Gasteiger partial charge in [0.15, 0.2) is 5.78 Å². The molecule has 9 heteroatoms. The minimum absolute atomic E-state index is 0.141. The summed E-state index contributed by atoms with van der Waals surface area (Å²) < 4.78 is 40.0. The van der Waals surface area contributed by atoms with E-state index in [0.717, 1.165) is 28.2 Å². The van der Waals surface area contributed by atoms with Gasteiger partial charge in [-0.2, -0.15) is 13.2 Å². The Morgan fingerprint density at radius 2 is 1.69 bits per heavy atom. The first-order valence-electron chi connectivity index (χ1n) is 10.9. The molecule has 3 aliphatic heterocycles. The molecule has 4 heterocycles. The Morgan fingerprint density at radius 3 is 2.43 bits per heavy atom. The van der Waals surface area contributed by atoms with Gasteiger partial charge in [-0.3, -0.25) is 14.4 Å². The third-order valence-electron chi connectivity index (χ3n) is 6.93. The molecule has 2 saturated heterocycles. The number of imide groups is 1. The lowest BCUT2D eigenvalue weighted by Gasteiger charge is -2.35. The number of fused-ring (bicyclic) bond motifs is 5. The number of hydrogen-bond donors (Lipinski definition) is 0. The van der Waals surface area contributed by atoms with Gasteiger partial charge in [-0.15, -0.1) is 11.3 Å². The number of ketones is 1. The van der Waals surface area contributed by atoms with Crippen LogP contribution in [0.5, 0.6) is 0 Å². The zero-order valence-electron chi connectivity index (χ0n) is 18.0. The standard InChI is InChI=1S/C26H17F3N2O3S/c27-26(28,29)15-6-3-7-16(13-15)31-24(33)19-20(25(31)34)22(23(32)18-9-4-12-35-18)30-11-10-14-5-1-2-8-17(14)21(19)30/h1-13,19-22H/t19-,20+,21-,22-/m0/s1. The van der Waals surface area contributed by atoms with Gasteiger partial charge in [0.25, 0.3) is 0 Å². The number of Topliss-reactive ketones (excluding diaryl/α,β-unsaturated/α-hetero) is 1. The summed E-state index contributed by atoms with van der Waals surface area (Å²) in [7, 11) is 0. The SMILES string of the molecule is O=C(c1cccs1)[C@@H]1[C@@H]2C(=O)N(c3cccc(C(F)(F)F)c3)C(=O)[C@@H]2[C@@H]2c3ccccc3C=CN12. The maximum Gasteiger partial charge on any atom is 0.416 e. The van der Waals surface area contributed by atoms with Crippen molar-refractivity contribution in [2.24, 2.45) is 11.8 Å². The fourth-order valence-corrected chi connectivity index (χ4v) is 6.20. The molecule has 2 aromatic carbocycles. The summed E-state index contributed by atoms with van der Waals surface area (Å²) >= 11 is 1.25. The van der Waals surface area contributed by atoms with Gasteiger partial charge in [0, 0.05) is 6.20 Å². The van der Waals surface area contributed by atoms with Crippen LogP contribution in [0.15, 0.2) is 72.2 Å². The molecule has 3 aliphatic rings. The summed E-state index contributed by atoms with van der Waals surface area (Å²) in [5.41, 5.74) is 0.581. The van der Waals surface area contributed by atoms with Crippen LogP contribution in [0, 0.1) is 11.8 Å². The minimum atomic E-state index is -4.63. The second kappa shape index (κ2) is 7.64. The topological polar surface area (TPSA) is 57.7 Å². The molecule has 0 N–H and O–H groups in total. The van der Waals surface area contributed by atoms with Gasteiger partial charge in [0.2, 0.25) is 11.8 Å². The third-order valence-corrected chi connectivity index (χ3v) is 7.81. The van der Waals surface area contributed by atoms with E-state index in [4.69, 9.17) is 0 Å². The van der Waals surface area contributed by atoms with Crippen LogP contribution < -0.4 is 4.90 Å². The maximum atomic E-state index is 13.7. The molecule has 2 fully saturated rings. The molecular weight excluding hydrogens is 477 g/mol. The predicted molar refractivity (Wildman–Crippen MR) is 123 cm³/mol. The molecule has 3 aromatic rings. The van der Waals surface area contributed by atoms with Crippen molar-refractivity contribution in [1.82, 2.24) is 4.90 Å². The normalized spacial score (nSPS) is 25.0. The van der Waals surface area contributed by atoms with Gasteiger partial charge >= 0.3 is 6.18 Å². The third kappa shape index (κ3) is 3.18. The van der Waals surface area contributed by atoms with Crippen molar-refractivity contribution in [3.63, 3.8) is 0 Å². The molecule has 0 aliphatic carbocycles. The molecule has 0 unspecified atom stereocenters. The maximum absolute atomic E-state index is 13.7. The van der Waals surface area contributed by atoms with Crippen molar-refractivity contribution in [2.45, 2.75) is 18.3 Å². The van der Waals surface area contributed by atoms with Crippen LogP contribution in [0.25, 0.3) is 6.08 Å². The number of rotatable bonds is 3. The molecule has 0 radical (unpaired) electrons. The van der Waals surface area contributed by atoms with Crippen LogP contribution in [-0.4, -0.2) is 28.5 Å². The van der Waals surface area contributed by atoms with E-state index in [1.807, 2.05) is 30.3 Å². The fraction of sp³-hybridized carbons (Fsp3) is 0.192. The van der Waals surface area contributed by atoms with Crippen LogP contribution >= 0.6 is 11.3 Å². The number of thiophene rings is 1. The Labute approximate surface area is 202 Å². The average molecular weight is 494 g/mol. The number of nitrogens with zero attached hydrogens (tertiary/aromatic N) is 2. The van der Waals surface area contributed by atoms with Crippen molar-refractivity contribution in [3.8, 4) is 0 Å². The highest BCUT2D eigenvalue weighted by atomic mass is 32.1. The molecule has 2 amide bonds. The number of amides is 2. The van der Waals surface area contributed by atoms with Crippen molar-refractivity contribution < 1.29 is 27.6 Å². The number of carbonyl (C=O) groups excluding carboxylic acids is 3. The summed E-state index contributed by atoms with van der Waals surface area (Å²) in [4.78, 5) is 44.1. The first-order valence-corrected chi connectivity index (χ1v) is 11.8. The number of benzene rings is 2. The van der Waals surface area contributed by atoms with Crippen LogP contribution in [-0.2, 0) is 15.8 Å². The molecule has 0 bridgehead atoms. The smallest absolute Gasteiger partial charge is 0.358 e. The molecule has 0 spiro atoms. The van der Waals surface area contributed by atoms with E-state index in [2.05, 4.69) is 0 Å². The second-order valence-corrected chi connectivity index (χ2v) is 9.68. The van der Waals surface area contributed by atoms with E-state index in [0.29, 0.717) is 4.88 Å². The summed E-state index contributed by atoms with van der Waals surface area (Å²) in [6, 6.07) is 13.5. The van der Waals surface area contributed by atoms with Gasteiger partial charge in [0.1, 0.15) is 6.04 Å². The van der Waals surface area contributed by atoms with Gasteiger partial charge < -0.3 is 4.90 Å². The molecule has 0 saturated carbocycles. The quantitative estimate of drug-likeness (QED) is 0.373. The zero-order chi connectivity index (χ0) is 24.5. The van der Waals surface area contributed by atoms with Crippen LogP contribution in [0.4, 0.5) is 18.9 Å². The monoisotopic (exact) mass is 494 g/mol. The number of carbonyl (C=O) groups is 3. The van der Waals surface area contributed by atoms with Crippen molar-refractivity contribution in [2.75, 3.05) is 4.90 Å². The summed E-state index contributed by atoms with van der Waals surface area (Å²) in [5.74, 6) is -3.46. The van der Waals surface area contributed by atoms with Gasteiger partial charge in [0.05, 0.1) is 34.0 Å². The summed E-state index contributed by atoms with van der Waals surface area (Å²) in [6.07, 6.45) is -1.03. The van der Waals surface area contributed by atoms with Crippen LogP contribution in [0.1, 0.15) is 32.4 Å². The zero-order valence-corrected chi connectivity index (χ0v) is 18.8. The van der Waals surface area contributed by atoms with Crippen molar-refractivity contribution >= 4 is 40.7 Å². The molecule has 5 nitrogen and oxygen atoms in total. The molecule has 176 valence electrons. The van der Waals surface area contributed by atoms with E-state index in [1.165, 1.54) is 23.5 Å². The predicted octanol–water partition coefficient (Wildman–Crippen LogP) is 5.17. The Balaban J connectivity index is 1.49. The first kappa shape index (κ1) is 21.8. The molecule has 6 rings (SSSR count). The molecule has 4 atom stereocenters. The van der Waals surface area contributed by atoms with Gasteiger partial charge in [-0.1, -0.05) is 36.4 Å². The van der Waals surface area contributed by atoms with E-state index >= 15 is 0 Å². The highest BCUT2D eigenvalue weighted by Gasteiger charge is 2.64. The van der Waals surface area contributed by atoms with E-state index in [-0.39, 0.29) is 11.5 Å². The minimum Gasteiger partial charge on any atom is -0.358 e. The highest BCUT2D eigenvalue weighted by Crippen LogP contribution is 2.54. The van der Waals surface area contributed by atoms with E-state index in [1.54, 1.807) is 28.6 Å².